The van der Waals surface area contributed by atoms with Crippen molar-refractivity contribution in [2.24, 2.45) is 0 Å². The maximum Gasteiger partial charge on any atom is -0.0187 e. The first-order valence-electron chi connectivity index (χ1n) is 4.23. The van der Waals surface area contributed by atoms with Crippen molar-refractivity contribution in [1.82, 2.24) is 0 Å². The van der Waals surface area contributed by atoms with Crippen molar-refractivity contribution in [3.8, 4) is 0 Å². The molecule has 0 nitrogen and oxygen atoms in total. The molecule has 1 aromatic carbocycles. The molecule has 0 aromatic heterocycles. The van der Waals surface area contributed by atoms with E-state index in [1.165, 1.54) is 5.56 Å². The predicted molar refractivity (Wildman–Crippen MR) is 62.0 cm³/mol. The Hall–Kier alpha value is -0.430. The molecule has 0 N–H and O–H groups in total. The van der Waals surface area contributed by atoms with E-state index in [1.54, 1.807) is 11.8 Å². The van der Waals surface area contributed by atoms with Gasteiger partial charge in [-0.1, -0.05) is 49.7 Å². The molecule has 0 saturated carbocycles. The minimum Gasteiger partial charge on any atom is -0.169 e. The summed E-state index contributed by atoms with van der Waals surface area (Å²) in [6.45, 7) is 6.08. The Kier molecular flexibility index (Phi) is 15.5. The van der Waals surface area contributed by atoms with Gasteiger partial charge in [-0.2, -0.15) is 11.8 Å². The fourth-order valence-electron chi connectivity index (χ4n) is 0.534. The van der Waals surface area contributed by atoms with Gasteiger partial charge in [-0.15, -0.1) is 0 Å². The summed E-state index contributed by atoms with van der Waals surface area (Å²) < 4.78 is 0. The van der Waals surface area contributed by atoms with Crippen molar-refractivity contribution in [3.63, 3.8) is 0 Å². The van der Waals surface area contributed by atoms with E-state index in [9.17, 15) is 0 Å². The average Bonchev–Trinajstić information content (AvgIpc) is 2.11. The molecule has 0 saturated heterocycles. The largest absolute Gasteiger partial charge is 0.169 e. The summed E-state index contributed by atoms with van der Waals surface area (Å²) in [5, 5.41) is 0. The van der Waals surface area contributed by atoms with Crippen LogP contribution in [0, 0.1) is 6.92 Å². The molecule has 1 rings (SSSR count). The highest BCUT2D eigenvalue weighted by Gasteiger charge is 1.72. The molecule has 0 aliphatic carbocycles. The van der Waals surface area contributed by atoms with Gasteiger partial charge in [0, 0.05) is 0 Å². The Balaban J connectivity index is 0. The van der Waals surface area contributed by atoms with Gasteiger partial charge in [-0.05, 0) is 19.4 Å². The first-order valence-corrected chi connectivity index (χ1v) is 5.86. The smallest absolute Gasteiger partial charge is 0.0187 e. The zero-order chi connectivity index (χ0) is 9.82. The Morgan fingerprint density at radius 3 is 1.42 bits per heavy atom. The van der Waals surface area contributed by atoms with E-state index < -0.39 is 0 Å². The van der Waals surface area contributed by atoms with Crippen molar-refractivity contribution in [2.45, 2.75) is 20.8 Å². The first kappa shape index (κ1) is 14.1. The molecule has 1 heteroatoms. The lowest BCUT2D eigenvalue weighted by molar-refractivity contribution is 1.48. The van der Waals surface area contributed by atoms with E-state index in [0.29, 0.717) is 0 Å². The summed E-state index contributed by atoms with van der Waals surface area (Å²) >= 11 is 1.75. The fraction of sp³-hybridized carbons (Fsp3) is 0.455. The van der Waals surface area contributed by atoms with Crippen LogP contribution in [0.2, 0.25) is 0 Å². The van der Waals surface area contributed by atoms with Crippen LogP contribution < -0.4 is 0 Å². The molecule has 0 aliphatic rings. The van der Waals surface area contributed by atoms with Gasteiger partial charge >= 0.3 is 0 Å². The van der Waals surface area contributed by atoms with E-state index in [2.05, 4.69) is 19.1 Å². The minimum absolute atomic E-state index is 1.32. The molecule has 0 bridgehead atoms. The van der Waals surface area contributed by atoms with E-state index in [0.717, 1.165) is 0 Å². The molecule has 0 radical (unpaired) electrons. The van der Waals surface area contributed by atoms with Crippen molar-refractivity contribution >= 4 is 11.8 Å². The van der Waals surface area contributed by atoms with Crippen LogP contribution in [0.25, 0.3) is 0 Å². The van der Waals surface area contributed by atoms with Crippen LogP contribution in [0.1, 0.15) is 19.4 Å². The SMILES string of the molecule is CC.CSC.Cc1ccccc1. The molecule has 0 fully saturated rings. The lowest BCUT2D eigenvalue weighted by atomic mass is 10.2. The second-order valence-corrected chi connectivity index (χ2v) is 2.88. The van der Waals surface area contributed by atoms with Gasteiger partial charge in [0.15, 0.2) is 0 Å². The van der Waals surface area contributed by atoms with Crippen LogP contribution in [-0.4, -0.2) is 12.5 Å². The van der Waals surface area contributed by atoms with Crippen LogP contribution in [0.15, 0.2) is 30.3 Å². The van der Waals surface area contributed by atoms with Gasteiger partial charge in [-0.3, -0.25) is 0 Å². The number of hydrogen-bond acceptors (Lipinski definition) is 1. The normalized spacial score (nSPS) is 7.08. The topological polar surface area (TPSA) is 0 Å². The van der Waals surface area contributed by atoms with Crippen LogP contribution in [0.4, 0.5) is 0 Å². The fourth-order valence-corrected chi connectivity index (χ4v) is 0.534. The summed E-state index contributed by atoms with van der Waals surface area (Å²) in [6, 6.07) is 10.3. The van der Waals surface area contributed by atoms with Crippen molar-refractivity contribution < 1.29 is 0 Å². The van der Waals surface area contributed by atoms with E-state index in [1.807, 2.05) is 44.6 Å². The van der Waals surface area contributed by atoms with Gasteiger partial charge in [0.2, 0.25) is 0 Å². The molecule has 70 valence electrons. The average molecular weight is 184 g/mol. The highest BCUT2D eigenvalue weighted by Crippen LogP contribution is 1.92. The third kappa shape index (κ3) is 12.3. The third-order valence-electron chi connectivity index (χ3n) is 0.940. The third-order valence-corrected chi connectivity index (χ3v) is 0.940. The first-order chi connectivity index (χ1) is 5.81. The Labute approximate surface area is 81.4 Å². The zero-order valence-electron chi connectivity index (χ0n) is 8.79. The predicted octanol–water partition coefficient (Wildman–Crippen LogP) is 4.00. The summed E-state index contributed by atoms with van der Waals surface area (Å²) in [5.41, 5.74) is 1.32. The van der Waals surface area contributed by atoms with Crippen molar-refractivity contribution in [3.05, 3.63) is 35.9 Å². The molecular formula is C11H20S. The van der Waals surface area contributed by atoms with Crippen LogP contribution in [-0.2, 0) is 0 Å². The van der Waals surface area contributed by atoms with Crippen LogP contribution in [0.3, 0.4) is 0 Å². The second-order valence-electron chi connectivity index (χ2n) is 2.06. The Morgan fingerprint density at radius 2 is 1.25 bits per heavy atom. The summed E-state index contributed by atoms with van der Waals surface area (Å²) in [6.07, 6.45) is 4.08. The van der Waals surface area contributed by atoms with Crippen LogP contribution >= 0.6 is 11.8 Å². The summed E-state index contributed by atoms with van der Waals surface area (Å²) in [4.78, 5) is 0. The monoisotopic (exact) mass is 184 g/mol. The summed E-state index contributed by atoms with van der Waals surface area (Å²) in [7, 11) is 0. The van der Waals surface area contributed by atoms with Crippen molar-refractivity contribution in [1.29, 1.82) is 0 Å². The summed E-state index contributed by atoms with van der Waals surface area (Å²) in [5.74, 6) is 0. The van der Waals surface area contributed by atoms with E-state index >= 15 is 0 Å². The number of hydrogen-bond donors (Lipinski definition) is 0. The van der Waals surface area contributed by atoms with E-state index in [-0.39, 0.29) is 0 Å². The van der Waals surface area contributed by atoms with Gasteiger partial charge < -0.3 is 0 Å². The lowest BCUT2D eigenvalue weighted by Crippen LogP contribution is -1.62. The Bertz CT molecular complexity index is 146. The van der Waals surface area contributed by atoms with E-state index in [4.69, 9.17) is 0 Å². The maximum atomic E-state index is 2.08. The molecular weight excluding hydrogens is 164 g/mol. The number of thioether (sulfide) groups is 1. The number of aryl methyl sites for hydroxylation is 1. The molecule has 0 amide bonds. The molecule has 0 unspecified atom stereocenters. The second kappa shape index (κ2) is 13.2. The molecule has 0 heterocycles. The van der Waals surface area contributed by atoms with Crippen molar-refractivity contribution in [2.75, 3.05) is 12.5 Å². The van der Waals surface area contributed by atoms with Gasteiger partial charge in [0.1, 0.15) is 0 Å². The van der Waals surface area contributed by atoms with Gasteiger partial charge in [-0.25, -0.2) is 0 Å². The number of rotatable bonds is 0. The highest BCUT2D eigenvalue weighted by atomic mass is 32.2. The molecule has 0 atom stereocenters. The molecule has 12 heavy (non-hydrogen) atoms. The standard InChI is InChI=1S/C7H8.C2H6S.C2H6/c1-7-5-3-2-4-6-7;1-3-2;1-2/h2-6H,1H3;1-2H3;1-2H3. The lowest BCUT2D eigenvalue weighted by Gasteiger charge is -1.82. The maximum absolute atomic E-state index is 2.08. The minimum atomic E-state index is 1.32. The number of benzene rings is 1. The zero-order valence-corrected chi connectivity index (χ0v) is 9.61. The molecule has 1 aromatic rings. The molecule has 0 spiro atoms. The van der Waals surface area contributed by atoms with Gasteiger partial charge in [0.25, 0.3) is 0 Å². The van der Waals surface area contributed by atoms with Gasteiger partial charge in [0.05, 0.1) is 0 Å². The Morgan fingerprint density at radius 1 is 0.917 bits per heavy atom. The van der Waals surface area contributed by atoms with Crippen LogP contribution in [0.5, 0.6) is 0 Å². The highest BCUT2D eigenvalue weighted by molar-refractivity contribution is 7.97. The molecule has 0 aliphatic heterocycles. The quantitative estimate of drug-likeness (QED) is 0.587.